The maximum atomic E-state index is 14.3. The van der Waals surface area contributed by atoms with Crippen LogP contribution in [0.4, 0.5) is 14.6 Å². The average molecular weight is 281 g/mol. The first-order valence-electron chi connectivity index (χ1n) is 7.33. The van der Waals surface area contributed by atoms with Gasteiger partial charge in [-0.2, -0.15) is 0 Å². The van der Waals surface area contributed by atoms with Gasteiger partial charge in [-0.05, 0) is 32.4 Å². The molecule has 5 heteroatoms. The summed E-state index contributed by atoms with van der Waals surface area (Å²) in [6, 6.07) is 3.74. The molecule has 0 saturated carbocycles. The molecule has 0 amide bonds. The minimum absolute atomic E-state index is 0.0845. The Balaban J connectivity index is 1.95. The molecule has 0 aliphatic carbocycles. The highest BCUT2D eigenvalue weighted by atomic mass is 19.3. The predicted octanol–water partition coefficient (Wildman–Crippen LogP) is 2.87. The zero-order chi connectivity index (χ0) is 14.3. The topological polar surface area (TPSA) is 19.4 Å². The summed E-state index contributed by atoms with van der Waals surface area (Å²) in [5, 5.41) is 0. The molecular formula is C15H21F2N3. The molecular weight excluding hydrogens is 260 g/mol. The first kappa shape index (κ1) is 13.7. The molecule has 0 radical (unpaired) electrons. The van der Waals surface area contributed by atoms with E-state index in [1.165, 1.54) is 6.07 Å². The first-order valence-corrected chi connectivity index (χ1v) is 7.33. The van der Waals surface area contributed by atoms with Gasteiger partial charge >= 0.3 is 0 Å². The van der Waals surface area contributed by atoms with Crippen molar-refractivity contribution < 1.29 is 8.78 Å². The van der Waals surface area contributed by atoms with E-state index in [4.69, 9.17) is 0 Å². The minimum atomic E-state index is -2.76. The Kier molecular flexibility index (Phi) is 3.40. The quantitative estimate of drug-likeness (QED) is 0.789. The van der Waals surface area contributed by atoms with E-state index in [2.05, 4.69) is 28.6 Å². The second-order valence-electron chi connectivity index (χ2n) is 6.05. The van der Waals surface area contributed by atoms with E-state index in [-0.39, 0.29) is 18.0 Å². The van der Waals surface area contributed by atoms with E-state index in [1.807, 2.05) is 0 Å². The van der Waals surface area contributed by atoms with Crippen LogP contribution in [-0.2, 0) is 5.92 Å². The summed E-state index contributed by atoms with van der Waals surface area (Å²) in [6.07, 6.45) is 2.05. The minimum Gasteiger partial charge on any atom is -0.351 e. The molecule has 110 valence electrons. The van der Waals surface area contributed by atoms with Gasteiger partial charge in [0, 0.05) is 44.3 Å². The molecule has 0 N–H and O–H groups in total. The van der Waals surface area contributed by atoms with Crippen LogP contribution in [-0.4, -0.2) is 41.6 Å². The molecule has 1 aromatic heterocycles. The second kappa shape index (κ2) is 4.95. The molecule has 0 aromatic carbocycles. The van der Waals surface area contributed by atoms with Crippen LogP contribution in [0.3, 0.4) is 0 Å². The van der Waals surface area contributed by atoms with Crippen LogP contribution in [0.1, 0.15) is 32.3 Å². The van der Waals surface area contributed by atoms with Crippen LogP contribution >= 0.6 is 0 Å². The number of halogens is 2. The van der Waals surface area contributed by atoms with Crippen molar-refractivity contribution in [1.82, 2.24) is 9.88 Å². The van der Waals surface area contributed by atoms with E-state index in [1.54, 1.807) is 12.3 Å². The molecule has 0 spiro atoms. The third kappa shape index (κ3) is 2.28. The largest absolute Gasteiger partial charge is 0.351 e. The van der Waals surface area contributed by atoms with Crippen LogP contribution < -0.4 is 4.90 Å². The number of rotatable bonds is 1. The van der Waals surface area contributed by atoms with Crippen molar-refractivity contribution in [3.63, 3.8) is 0 Å². The van der Waals surface area contributed by atoms with Gasteiger partial charge in [0.05, 0.1) is 5.56 Å². The smallest absolute Gasteiger partial charge is 0.276 e. The second-order valence-corrected chi connectivity index (χ2v) is 6.05. The number of anilines is 1. The third-order valence-corrected chi connectivity index (χ3v) is 4.49. The monoisotopic (exact) mass is 281 g/mol. The fraction of sp³-hybridized carbons (Fsp3) is 0.667. The van der Waals surface area contributed by atoms with Gasteiger partial charge in [-0.25, -0.2) is 13.8 Å². The van der Waals surface area contributed by atoms with Crippen LogP contribution in [0.5, 0.6) is 0 Å². The average Bonchev–Trinajstić information content (AvgIpc) is 2.55. The van der Waals surface area contributed by atoms with Gasteiger partial charge in [-0.1, -0.05) is 0 Å². The normalized spacial score (nSPS) is 26.1. The lowest BCUT2D eigenvalue weighted by molar-refractivity contribution is -0.0147. The van der Waals surface area contributed by atoms with E-state index in [9.17, 15) is 8.78 Å². The van der Waals surface area contributed by atoms with E-state index < -0.39 is 5.92 Å². The maximum Gasteiger partial charge on any atom is 0.276 e. The fourth-order valence-electron chi connectivity index (χ4n) is 3.27. The number of piperazine rings is 1. The summed E-state index contributed by atoms with van der Waals surface area (Å²) in [7, 11) is 0. The Morgan fingerprint density at radius 3 is 2.90 bits per heavy atom. The lowest BCUT2D eigenvalue weighted by Crippen LogP contribution is -2.55. The van der Waals surface area contributed by atoms with Gasteiger partial charge in [-0.3, -0.25) is 4.90 Å². The van der Waals surface area contributed by atoms with Crippen LogP contribution in [0.2, 0.25) is 0 Å². The highest BCUT2D eigenvalue weighted by Crippen LogP contribution is 2.42. The molecule has 1 fully saturated rings. The summed E-state index contributed by atoms with van der Waals surface area (Å²) in [5.41, 5.74) is 0.0977. The van der Waals surface area contributed by atoms with Gasteiger partial charge < -0.3 is 4.90 Å². The number of aromatic nitrogens is 1. The number of hydrogen-bond donors (Lipinski definition) is 0. The van der Waals surface area contributed by atoms with Crippen molar-refractivity contribution in [1.29, 1.82) is 0 Å². The maximum absolute atomic E-state index is 14.3. The van der Waals surface area contributed by atoms with Crippen molar-refractivity contribution in [2.24, 2.45) is 0 Å². The van der Waals surface area contributed by atoms with Gasteiger partial charge in [0.2, 0.25) is 0 Å². The Labute approximate surface area is 118 Å². The van der Waals surface area contributed by atoms with Crippen LogP contribution in [0.25, 0.3) is 0 Å². The highest BCUT2D eigenvalue weighted by Gasteiger charge is 2.42. The number of pyridine rings is 1. The molecule has 0 unspecified atom stereocenters. The summed E-state index contributed by atoms with van der Waals surface area (Å²) >= 11 is 0. The standard InChI is InChI=1S/C15H21F2N3/c1-11(2)19-8-9-20-12(10-19)5-6-15(16,17)13-4-3-7-18-14(13)20/h3-4,7,11-12H,5-6,8-10H2,1-2H3/t12-/m1/s1. The number of fused-ring (bicyclic) bond motifs is 3. The lowest BCUT2D eigenvalue weighted by atomic mass is 10.0. The molecule has 3 nitrogen and oxygen atoms in total. The lowest BCUT2D eigenvalue weighted by Gasteiger charge is -2.43. The zero-order valence-electron chi connectivity index (χ0n) is 12.0. The number of hydrogen-bond acceptors (Lipinski definition) is 3. The van der Waals surface area contributed by atoms with Crippen molar-refractivity contribution in [2.75, 3.05) is 24.5 Å². The molecule has 3 rings (SSSR count). The molecule has 1 atom stereocenters. The SMILES string of the molecule is CC(C)N1CCN2c3ncccc3C(F)(F)CC[C@@H]2C1. The van der Waals surface area contributed by atoms with Gasteiger partial charge in [0.15, 0.2) is 0 Å². The zero-order valence-corrected chi connectivity index (χ0v) is 12.0. The Morgan fingerprint density at radius 1 is 1.35 bits per heavy atom. The Hall–Kier alpha value is -1.23. The fourth-order valence-corrected chi connectivity index (χ4v) is 3.27. The van der Waals surface area contributed by atoms with Crippen LogP contribution in [0, 0.1) is 0 Å². The van der Waals surface area contributed by atoms with Gasteiger partial charge in [-0.15, -0.1) is 0 Å². The van der Waals surface area contributed by atoms with E-state index in [0.717, 1.165) is 19.6 Å². The Bertz CT molecular complexity index is 490. The molecule has 0 bridgehead atoms. The highest BCUT2D eigenvalue weighted by molar-refractivity contribution is 5.51. The van der Waals surface area contributed by atoms with E-state index in [0.29, 0.717) is 18.3 Å². The number of nitrogens with zero attached hydrogens (tertiary/aromatic N) is 3. The van der Waals surface area contributed by atoms with E-state index >= 15 is 0 Å². The summed E-state index contributed by atoms with van der Waals surface area (Å²) in [4.78, 5) is 8.72. The molecule has 2 aliphatic rings. The molecule has 1 saturated heterocycles. The van der Waals surface area contributed by atoms with Crippen molar-refractivity contribution in [2.45, 2.75) is 44.7 Å². The first-order chi connectivity index (χ1) is 9.49. The number of alkyl halides is 2. The molecule has 1 aromatic rings. The molecule has 3 heterocycles. The van der Waals surface area contributed by atoms with Gasteiger partial charge in [0.25, 0.3) is 5.92 Å². The van der Waals surface area contributed by atoms with Gasteiger partial charge in [0.1, 0.15) is 5.82 Å². The van der Waals surface area contributed by atoms with Crippen molar-refractivity contribution in [3.8, 4) is 0 Å². The van der Waals surface area contributed by atoms with Crippen LogP contribution in [0.15, 0.2) is 18.3 Å². The predicted molar refractivity (Wildman–Crippen MR) is 75.2 cm³/mol. The molecule has 2 aliphatic heterocycles. The Morgan fingerprint density at radius 2 is 2.15 bits per heavy atom. The summed E-state index contributed by atoms with van der Waals surface area (Å²) in [6.45, 7) is 6.86. The third-order valence-electron chi connectivity index (χ3n) is 4.49. The summed E-state index contributed by atoms with van der Waals surface area (Å²) in [5.74, 6) is -2.27. The van der Waals surface area contributed by atoms with Crippen molar-refractivity contribution >= 4 is 5.82 Å². The molecule has 20 heavy (non-hydrogen) atoms. The summed E-state index contributed by atoms with van der Waals surface area (Å²) < 4.78 is 28.5. The van der Waals surface area contributed by atoms with Crippen molar-refractivity contribution in [3.05, 3.63) is 23.9 Å².